The van der Waals surface area contributed by atoms with Gasteiger partial charge in [0.25, 0.3) is 5.91 Å². The highest BCUT2D eigenvalue weighted by atomic mass is 16.4. The van der Waals surface area contributed by atoms with Gasteiger partial charge in [-0.2, -0.15) is 5.10 Å². The highest BCUT2D eigenvalue weighted by molar-refractivity contribution is 6.07. The third-order valence-corrected chi connectivity index (χ3v) is 5.46. The number of nitrogens with zero attached hydrogens (tertiary/aromatic N) is 3. The number of rotatable bonds is 5. The fourth-order valence-electron chi connectivity index (χ4n) is 4.04. The SMILES string of the molecule is Cc1cnc2ccccc2c1C(=O)N[C@@H]1CC(Cn2cc(C(=O)O)cn2)C[C@H]1O. The molecule has 1 fully saturated rings. The van der Waals surface area contributed by atoms with Crippen molar-refractivity contribution in [1.82, 2.24) is 20.1 Å². The largest absolute Gasteiger partial charge is 0.478 e. The van der Waals surface area contributed by atoms with Crippen molar-refractivity contribution in [2.24, 2.45) is 5.92 Å². The average Bonchev–Trinajstić information content (AvgIpc) is 3.28. The minimum Gasteiger partial charge on any atom is -0.478 e. The summed E-state index contributed by atoms with van der Waals surface area (Å²) in [5.41, 5.74) is 2.24. The molecule has 1 saturated carbocycles. The summed E-state index contributed by atoms with van der Waals surface area (Å²) in [5, 5.41) is 27.3. The Morgan fingerprint density at radius 3 is 2.79 bits per heavy atom. The number of hydrogen-bond acceptors (Lipinski definition) is 5. The van der Waals surface area contributed by atoms with Crippen LogP contribution in [0.2, 0.25) is 0 Å². The maximum Gasteiger partial charge on any atom is 0.338 e. The van der Waals surface area contributed by atoms with Gasteiger partial charge in [0.15, 0.2) is 0 Å². The van der Waals surface area contributed by atoms with Crippen LogP contribution in [0.15, 0.2) is 42.9 Å². The first kappa shape index (κ1) is 19.1. The second-order valence-corrected chi connectivity index (χ2v) is 7.57. The lowest BCUT2D eigenvalue weighted by molar-refractivity contribution is 0.0696. The minimum absolute atomic E-state index is 0.0899. The lowest BCUT2D eigenvalue weighted by atomic mass is 10.0. The van der Waals surface area contributed by atoms with Crippen LogP contribution in [0, 0.1) is 12.8 Å². The normalized spacial score (nSPS) is 21.4. The standard InChI is InChI=1S/C21H22N4O4/c1-12-8-22-16-5-3-2-4-15(16)19(12)20(27)24-17-6-13(7-18(17)26)10-25-11-14(9-23-25)21(28)29/h2-5,8-9,11,13,17-18,26H,6-7,10H2,1H3,(H,24,27)(H,28,29)/t13?,17-,18-/m1/s1. The van der Waals surface area contributed by atoms with Crippen LogP contribution in [0.1, 0.15) is 39.1 Å². The van der Waals surface area contributed by atoms with Crippen molar-refractivity contribution < 1.29 is 19.8 Å². The van der Waals surface area contributed by atoms with E-state index in [0.29, 0.717) is 24.9 Å². The minimum atomic E-state index is -1.02. The Bertz CT molecular complexity index is 1080. The van der Waals surface area contributed by atoms with Crippen LogP contribution in [0.3, 0.4) is 0 Å². The first-order valence-corrected chi connectivity index (χ1v) is 9.51. The molecule has 3 N–H and O–H groups in total. The maximum atomic E-state index is 13.0. The van der Waals surface area contributed by atoms with E-state index < -0.39 is 12.1 Å². The first-order valence-electron chi connectivity index (χ1n) is 9.51. The van der Waals surface area contributed by atoms with Crippen LogP contribution in [0.4, 0.5) is 0 Å². The third-order valence-electron chi connectivity index (χ3n) is 5.46. The zero-order chi connectivity index (χ0) is 20.5. The Hall–Kier alpha value is -3.26. The second-order valence-electron chi connectivity index (χ2n) is 7.57. The molecule has 4 rings (SSSR count). The number of aromatic carboxylic acids is 1. The van der Waals surface area contributed by atoms with Gasteiger partial charge in [-0.3, -0.25) is 14.5 Å². The molecule has 0 bridgehead atoms. The van der Waals surface area contributed by atoms with Gasteiger partial charge in [0.05, 0.1) is 35.0 Å². The number of aromatic nitrogens is 3. The van der Waals surface area contributed by atoms with Crippen molar-refractivity contribution in [3.05, 3.63) is 59.5 Å². The molecular formula is C21H22N4O4. The number of aliphatic hydroxyl groups excluding tert-OH is 1. The number of carbonyl (C=O) groups is 2. The number of carboxylic acid groups (broad SMARTS) is 1. The summed E-state index contributed by atoms with van der Waals surface area (Å²) in [6, 6.07) is 7.12. The van der Waals surface area contributed by atoms with Gasteiger partial charge in [-0.15, -0.1) is 0 Å². The third kappa shape index (κ3) is 3.84. The molecule has 0 spiro atoms. The van der Waals surface area contributed by atoms with E-state index in [9.17, 15) is 14.7 Å². The number of benzene rings is 1. The van der Waals surface area contributed by atoms with Crippen LogP contribution < -0.4 is 5.32 Å². The molecular weight excluding hydrogens is 372 g/mol. The van der Waals surface area contributed by atoms with Crippen molar-refractivity contribution in [1.29, 1.82) is 0 Å². The molecule has 0 saturated heterocycles. The Kier molecular flexibility index (Phi) is 5.02. The lowest BCUT2D eigenvalue weighted by Gasteiger charge is -2.18. The number of pyridine rings is 1. The van der Waals surface area contributed by atoms with Crippen LogP contribution in [0.25, 0.3) is 10.9 Å². The quantitative estimate of drug-likeness (QED) is 0.609. The molecule has 150 valence electrons. The van der Waals surface area contributed by atoms with Crippen LogP contribution in [-0.2, 0) is 6.54 Å². The second kappa shape index (κ2) is 7.63. The molecule has 2 heterocycles. The van der Waals surface area contributed by atoms with E-state index in [1.165, 1.54) is 12.4 Å². The number of carboxylic acids is 1. The van der Waals surface area contributed by atoms with Crippen LogP contribution in [0.5, 0.6) is 0 Å². The van der Waals surface area contributed by atoms with Gasteiger partial charge in [0, 0.05) is 24.3 Å². The topological polar surface area (TPSA) is 117 Å². The van der Waals surface area contributed by atoms with Gasteiger partial charge in [-0.1, -0.05) is 18.2 Å². The number of hydrogen-bond donors (Lipinski definition) is 3. The van der Waals surface area contributed by atoms with Crippen molar-refractivity contribution in [2.75, 3.05) is 0 Å². The van der Waals surface area contributed by atoms with E-state index in [1.54, 1.807) is 10.9 Å². The molecule has 8 nitrogen and oxygen atoms in total. The van der Waals surface area contributed by atoms with Gasteiger partial charge < -0.3 is 15.5 Å². The van der Waals surface area contributed by atoms with Gasteiger partial charge in [-0.05, 0) is 37.3 Å². The zero-order valence-corrected chi connectivity index (χ0v) is 15.9. The van der Waals surface area contributed by atoms with E-state index in [4.69, 9.17) is 5.11 Å². The van der Waals surface area contributed by atoms with Gasteiger partial charge >= 0.3 is 5.97 Å². The molecule has 1 aliphatic rings. The summed E-state index contributed by atoms with van der Waals surface area (Å²) < 4.78 is 1.57. The number of para-hydroxylation sites is 1. The fraction of sp³-hybridized carbons (Fsp3) is 0.333. The lowest BCUT2D eigenvalue weighted by Crippen LogP contribution is -2.40. The maximum absolute atomic E-state index is 13.0. The van der Waals surface area contributed by atoms with E-state index >= 15 is 0 Å². The highest BCUT2D eigenvalue weighted by Gasteiger charge is 2.35. The summed E-state index contributed by atoms with van der Waals surface area (Å²) in [5.74, 6) is -1.15. The summed E-state index contributed by atoms with van der Waals surface area (Å²) in [7, 11) is 0. The van der Waals surface area contributed by atoms with Gasteiger partial charge in [0.1, 0.15) is 0 Å². The number of fused-ring (bicyclic) bond motifs is 1. The van der Waals surface area contributed by atoms with E-state index in [0.717, 1.165) is 16.5 Å². The molecule has 0 aliphatic heterocycles. The van der Waals surface area contributed by atoms with Crippen LogP contribution in [-0.4, -0.2) is 49.0 Å². The molecule has 1 aromatic carbocycles. The molecule has 2 aromatic heterocycles. The zero-order valence-electron chi connectivity index (χ0n) is 15.9. The van der Waals surface area contributed by atoms with Crippen molar-refractivity contribution in [3.63, 3.8) is 0 Å². The Labute approximate surface area is 167 Å². The predicted octanol–water partition coefficient (Wildman–Crippen LogP) is 2.01. The number of amides is 1. The molecule has 3 atom stereocenters. The van der Waals surface area contributed by atoms with Crippen molar-refractivity contribution >= 4 is 22.8 Å². The molecule has 8 heteroatoms. The number of carbonyl (C=O) groups excluding carboxylic acids is 1. The van der Waals surface area contributed by atoms with E-state index in [1.807, 2.05) is 31.2 Å². The average molecular weight is 394 g/mol. The Morgan fingerprint density at radius 1 is 1.24 bits per heavy atom. The van der Waals surface area contributed by atoms with Crippen molar-refractivity contribution in [2.45, 2.75) is 38.5 Å². The monoisotopic (exact) mass is 394 g/mol. The predicted molar refractivity (Wildman–Crippen MR) is 106 cm³/mol. The Morgan fingerprint density at radius 2 is 2.03 bits per heavy atom. The summed E-state index contributed by atoms with van der Waals surface area (Å²) in [6.45, 7) is 2.34. The number of aryl methyl sites for hydroxylation is 1. The number of nitrogens with one attached hydrogen (secondary N) is 1. The van der Waals surface area contributed by atoms with Crippen molar-refractivity contribution in [3.8, 4) is 0 Å². The molecule has 1 amide bonds. The smallest absolute Gasteiger partial charge is 0.338 e. The molecule has 0 radical (unpaired) electrons. The van der Waals surface area contributed by atoms with E-state index in [-0.39, 0.29) is 23.4 Å². The van der Waals surface area contributed by atoms with Gasteiger partial charge in [0.2, 0.25) is 0 Å². The molecule has 1 aliphatic carbocycles. The summed E-state index contributed by atoms with van der Waals surface area (Å²) in [6.07, 6.45) is 4.92. The van der Waals surface area contributed by atoms with E-state index in [2.05, 4.69) is 15.4 Å². The fourth-order valence-corrected chi connectivity index (χ4v) is 4.04. The van der Waals surface area contributed by atoms with Crippen LogP contribution >= 0.6 is 0 Å². The van der Waals surface area contributed by atoms with Gasteiger partial charge in [-0.25, -0.2) is 4.79 Å². The molecule has 1 unspecified atom stereocenters. The summed E-state index contributed by atoms with van der Waals surface area (Å²) >= 11 is 0. The first-order chi connectivity index (χ1) is 13.9. The highest BCUT2D eigenvalue weighted by Crippen LogP contribution is 2.28. The molecule has 29 heavy (non-hydrogen) atoms. The number of aliphatic hydroxyl groups is 1. The summed E-state index contributed by atoms with van der Waals surface area (Å²) in [4.78, 5) is 28.3. The molecule has 3 aromatic rings. The Balaban J connectivity index is 1.46.